The topological polar surface area (TPSA) is 215 Å². The van der Waals surface area contributed by atoms with Crippen molar-refractivity contribution in [2.75, 3.05) is 50.9 Å². The molecule has 0 rings (SSSR count). The third-order valence-electron chi connectivity index (χ3n) is 4.65. The van der Waals surface area contributed by atoms with E-state index in [1.807, 2.05) is 23.6 Å². The molecule has 216 valence electrons. The second-order valence-electron chi connectivity index (χ2n) is 7.52. The summed E-state index contributed by atoms with van der Waals surface area (Å²) in [6.07, 6.45) is 9.46. The standard InChI is InChI=1S/C23H32N4O10S2/c1-3-26(10-5-8-20(18-24)22(28)36-14-16-38(30,31)32)12-7-13-27(4-2)11-6-9-21(19-25)23(29)37-15-17-39(33,34)35/h5-6,8-11H,3-4,7,12-17H2,1-2H3,(H,30,31,32)(H,33,34,35)/b10-5+,11-6+,20-8+,21-9+. The van der Waals surface area contributed by atoms with Gasteiger partial charge in [0.2, 0.25) is 0 Å². The number of nitrogens with zero attached hydrogens (tertiary/aromatic N) is 4. The van der Waals surface area contributed by atoms with Crippen molar-refractivity contribution in [3.8, 4) is 12.1 Å². The monoisotopic (exact) mass is 588 g/mol. The highest BCUT2D eigenvalue weighted by molar-refractivity contribution is 7.86. The van der Waals surface area contributed by atoms with E-state index in [0.717, 1.165) is 0 Å². The number of nitriles is 2. The predicted octanol–water partition coefficient (Wildman–Crippen LogP) is 0.810. The average Bonchev–Trinajstić information content (AvgIpc) is 2.85. The van der Waals surface area contributed by atoms with Crippen molar-refractivity contribution in [3.05, 3.63) is 47.9 Å². The van der Waals surface area contributed by atoms with Crippen molar-refractivity contribution in [3.63, 3.8) is 0 Å². The van der Waals surface area contributed by atoms with E-state index >= 15 is 0 Å². The van der Waals surface area contributed by atoms with E-state index in [4.69, 9.17) is 19.6 Å². The maximum atomic E-state index is 11.8. The van der Waals surface area contributed by atoms with Gasteiger partial charge in [0, 0.05) is 26.2 Å². The number of hydrogen-bond acceptors (Lipinski definition) is 12. The second kappa shape index (κ2) is 18.5. The summed E-state index contributed by atoms with van der Waals surface area (Å²) in [4.78, 5) is 27.5. The van der Waals surface area contributed by atoms with Crippen LogP contribution < -0.4 is 0 Å². The van der Waals surface area contributed by atoms with Gasteiger partial charge in [-0.1, -0.05) is 0 Å². The van der Waals surface area contributed by atoms with Gasteiger partial charge in [0.25, 0.3) is 20.2 Å². The van der Waals surface area contributed by atoms with Gasteiger partial charge in [-0.05, 0) is 57.0 Å². The summed E-state index contributed by atoms with van der Waals surface area (Å²) in [6.45, 7) is 5.13. The lowest BCUT2D eigenvalue weighted by Gasteiger charge is -2.22. The molecule has 16 heteroatoms. The average molecular weight is 589 g/mol. The predicted molar refractivity (Wildman–Crippen MR) is 140 cm³/mol. The number of carbonyl (C=O) groups excluding carboxylic acids is 2. The van der Waals surface area contributed by atoms with E-state index in [1.54, 1.807) is 24.5 Å². The van der Waals surface area contributed by atoms with Gasteiger partial charge in [-0.25, -0.2) is 9.59 Å². The zero-order chi connectivity index (χ0) is 29.9. The lowest BCUT2D eigenvalue weighted by molar-refractivity contribution is -0.138. The fraction of sp³-hybridized carbons (Fsp3) is 0.478. The van der Waals surface area contributed by atoms with E-state index in [1.165, 1.54) is 24.3 Å². The number of esters is 2. The van der Waals surface area contributed by atoms with Crippen LogP contribution in [0.25, 0.3) is 0 Å². The van der Waals surface area contributed by atoms with Crippen LogP contribution in [0.2, 0.25) is 0 Å². The van der Waals surface area contributed by atoms with Gasteiger partial charge in [-0.2, -0.15) is 27.4 Å². The zero-order valence-electron chi connectivity index (χ0n) is 21.6. The molecule has 2 N–H and O–H groups in total. The number of carbonyl (C=O) groups is 2. The smallest absolute Gasteiger partial charge is 0.348 e. The van der Waals surface area contributed by atoms with E-state index in [-0.39, 0.29) is 11.1 Å². The molecule has 39 heavy (non-hydrogen) atoms. The van der Waals surface area contributed by atoms with E-state index in [9.17, 15) is 26.4 Å². The lowest BCUT2D eigenvalue weighted by atomic mass is 10.2. The molecule has 0 aromatic rings. The van der Waals surface area contributed by atoms with Crippen LogP contribution in [0.5, 0.6) is 0 Å². The first kappa shape index (κ1) is 35.3. The summed E-state index contributed by atoms with van der Waals surface area (Å²) in [5.74, 6) is -3.58. The fourth-order valence-corrected chi connectivity index (χ4v) is 3.20. The Morgan fingerprint density at radius 1 is 0.769 bits per heavy atom. The molecular weight excluding hydrogens is 556 g/mol. The minimum absolute atomic E-state index is 0.341. The molecule has 0 aliphatic heterocycles. The Hall–Kier alpha value is -3.70. The van der Waals surface area contributed by atoms with E-state index < -0.39 is 56.9 Å². The molecule has 0 amide bonds. The van der Waals surface area contributed by atoms with Gasteiger partial charge in [0.15, 0.2) is 0 Å². The van der Waals surface area contributed by atoms with Gasteiger partial charge in [0.1, 0.15) is 48.0 Å². The molecule has 14 nitrogen and oxygen atoms in total. The van der Waals surface area contributed by atoms with Gasteiger partial charge in [-0.15, -0.1) is 0 Å². The van der Waals surface area contributed by atoms with Crippen molar-refractivity contribution in [1.82, 2.24) is 9.80 Å². The highest BCUT2D eigenvalue weighted by atomic mass is 32.2. The first-order chi connectivity index (χ1) is 18.3. The van der Waals surface area contributed by atoms with Crippen LogP contribution in [0.15, 0.2) is 47.9 Å². The molecule has 0 atom stereocenters. The Labute approximate surface area is 228 Å². The van der Waals surface area contributed by atoms with Crippen molar-refractivity contribution >= 4 is 32.2 Å². The number of hydrogen-bond donors (Lipinski definition) is 2. The van der Waals surface area contributed by atoms with E-state index in [2.05, 4.69) is 9.47 Å². The summed E-state index contributed by atoms with van der Waals surface area (Å²) >= 11 is 0. The second-order valence-corrected chi connectivity index (χ2v) is 10.7. The molecule has 0 radical (unpaired) electrons. The summed E-state index contributed by atoms with van der Waals surface area (Å²) in [6, 6.07) is 3.33. The Morgan fingerprint density at radius 2 is 1.13 bits per heavy atom. The first-order valence-electron chi connectivity index (χ1n) is 11.6. The van der Waals surface area contributed by atoms with Crippen molar-refractivity contribution < 1.29 is 45.0 Å². The lowest BCUT2D eigenvalue weighted by Crippen LogP contribution is -2.24. The molecule has 0 saturated heterocycles. The summed E-state index contributed by atoms with van der Waals surface area (Å²) in [5.41, 5.74) is -0.681. The molecular formula is C23H32N4O10S2. The van der Waals surface area contributed by atoms with Gasteiger partial charge >= 0.3 is 11.9 Å². The Balaban J connectivity index is 4.86. The maximum Gasteiger partial charge on any atom is 0.348 e. The van der Waals surface area contributed by atoms with Crippen LogP contribution in [0.4, 0.5) is 0 Å². The molecule has 0 aromatic carbocycles. The van der Waals surface area contributed by atoms with Gasteiger partial charge in [0.05, 0.1) is 0 Å². The highest BCUT2D eigenvalue weighted by Crippen LogP contribution is 2.03. The Kier molecular flexibility index (Phi) is 16.8. The Bertz CT molecular complexity index is 1140. The summed E-state index contributed by atoms with van der Waals surface area (Å²) in [7, 11) is -8.58. The van der Waals surface area contributed by atoms with Crippen molar-refractivity contribution in [1.29, 1.82) is 10.5 Å². The highest BCUT2D eigenvalue weighted by Gasteiger charge is 2.13. The third kappa shape index (κ3) is 18.2. The van der Waals surface area contributed by atoms with Crippen LogP contribution in [0, 0.1) is 22.7 Å². The normalized spacial score (nSPS) is 12.7. The SMILES string of the molecule is CCN(/C=C/C=C(\C#N)C(=O)OCCS(=O)(=O)O)CCCN(/C=C/C=C(\C#N)C(=O)OCCS(=O)(=O)O)CC. The van der Waals surface area contributed by atoms with Gasteiger partial charge < -0.3 is 19.3 Å². The van der Waals surface area contributed by atoms with E-state index in [0.29, 0.717) is 32.6 Å². The fourth-order valence-electron chi connectivity index (χ4n) is 2.61. The van der Waals surface area contributed by atoms with Crippen LogP contribution in [0.1, 0.15) is 20.3 Å². The molecule has 0 aliphatic rings. The van der Waals surface area contributed by atoms with Crippen molar-refractivity contribution in [2.45, 2.75) is 20.3 Å². The van der Waals surface area contributed by atoms with Crippen LogP contribution >= 0.6 is 0 Å². The summed E-state index contributed by atoms with van der Waals surface area (Å²) in [5, 5.41) is 18.2. The van der Waals surface area contributed by atoms with Crippen molar-refractivity contribution in [2.24, 2.45) is 0 Å². The molecule has 0 saturated carbocycles. The quantitative estimate of drug-likeness (QED) is 0.0745. The third-order valence-corrected chi connectivity index (χ3v) is 6.02. The molecule has 0 spiro atoms. The Morgan fingerprint density at radius 3 is 1.41 bits per heavy atom. The molecule has 0 unspecified atom stereocenters. The minimum Gasteiger partial charge on any atom is -0.460 e. The molecule has 0 aromatic heterocycles. The van der Waals surface area contributed by atoms with Crippen LogP contribution in [0.3, 0.4) is 0 Å². The largest absolute Gasteiger partial charge is 0.460 e. The number of rotatable bonds is 18. The molecule has 0 aliphatic carbocycles. The van der Waals surface area contributed by atoms with Crippen LogP contribution in [-0.4, -0.2) is 98.6 Å². The number of allylic oxidation sites excluding steroid dienone is 4. The first-order valence-corrected chi connectivity index (χ1v) is 14.8. The molecule has 0 bridgehead atoms. The zero-order valence-corrected chi connectivity index (χ0v) is 23.2. The summed E-state index contributed by atoms with van der Waals surface area (Å²) < 4.78 is 69.2. The van der Waals surface area contributed by atoms with Crippen LogP contribution in [-0.2, 0) is 39.3 Å². The number of ether oxygens (including phenoxy) is 2. The molecule has 0 heterocycles. The van der Waals surface area contributed by atoms with Gasteiger partial charge in [-0.3, -0.25) is 9.11 Å². The molecule has 0 fully saturated rings. The maximum absolute atomic E-state index is 11.8. The minimum atomic E-state index is -4.29.